The van der Waals surface area contributed by atoms with Crippen LogP contribution in [-0.2, 0) is 14.3 Å². The first-order valence-corrected chi connectivity index (χ1v) is 3.83. The van der Waals surface area contributed by atoms with Crippen molar-refractivity contribution < 1.29 is 24.2 Å². The number of amides is 2. The smallest absolute Gasteiger partial charge is 0.326 e. The monoisotopic (exact) mass is 204 g/mol. The van der Waals surface area contributed by atoms with Gasteiger partial charge in [0.05, 0.1) is 7.11 Å². The number of carbonyl (C=O) groups is 3. The Kier molecular flexibility index (Phi) is 5.05. The van der Waals surface area contributed by atoms with Crippen molar-refractivity contribution in [3.63, 3.8) is 0 Å². The number of esters is 1. The van der Waals surface area contributed by atoms with Crippen LogP contribution in [0.3, 0.4) is 0 Å². The first kappa shape index (κ1) is 12.2. The standard InChI is InChI=1S/C7H12N2O5/c1-14-5(10)3-2-4(6(11)12)9-7(8)13/h4H,2-3H2,1H3,(H,11,12)(H3,8,9,13)/t4-/m1/s1. The molecule has 0 fully saturated rings. The van der Waals surface area contributed by atoms with E-state index in [1.54, 1.807) is 0 Å². The van der Waals surface area contributed by atoms with Crippen molar-refractivity contribution in [3.8, 4) is 0 Å². The molecule has 0 aliphatic carbocycles. The van der Waals surface area contributed by atoms with Gasteiger partial charge in [-0.25, -0.2) is 9.59 Å². The second-order valence-electron chi connectivity index (χ2n) is 2.51. The second kappa shape index (κ2) is 5.79. The highest BCUT2D eigenvalue weighted by Gasteiger charge is 2.19. The lowest BCUT2D eigenvalue weighted by atomic mass is 10.1. The lowest BCUT2D eigenvalue weighted by molar-refractivity contribution is -0.142. The van der Waals surface area contributed by atoms with Crippen LogP contribution >= 0.6 is 0 Å². The van der Waals surface area contributed by atoms with E-state index in [1.165, 1.54) is 7.11 Å². The van der Waals surface area contributed by atoms with Gasteiger partial charge in [0.1, 0.15) is 6.04 Å². The second-order valence-corrected chi connectivity index (χ2v) is 2.51. The summed E-state index contributed by atoms with van der Waals surface area (Å²) in [6.07, 6.45) is -0.140. The Labute approximate surface area is 80.2 Å². The Morgan fingerprint density at radius 3 is 2.43 bits per heavy atom. The number of nitrogens with two attached hydrogens (primary N) is 1. The Balaban J connectivity index is 4.04. The molecule has 0 rings (SSSR count). The van der Waals surface area contributed by atoms with E-state index in [2.05, 4.69) is 4.74 Å². The van der Waals surface area contributed by atoms with E-state index >= 15 is 0 Å². The summed E-state index contributed by atoms with van der Waals surface area (Å²) in [5.41, 5.74) is 4.74. The molecule has 0 aliphatic rings. The molecule has 14 heavy (non-hydrogen) atoms. The van der Waals surface area contributed by atoms with Crippen molar-refractivity contribution in [3.05, 3.63) is 0 Å². The number of rotatable bonds is 5. The molecule has 0 saturated carbocycles. The molecule has 0 aliphatic heterocycles. The van der Waals surface area contributed by atoms with Crippen LogP contribution in [0.2, 0.25) is 0 Å². The van der Waals surface area contributed by atoms with Crippen LogP contribution in [0.15, 0.2) is 0 Å². The van der Waals surface area contributed by atoms with Gasteiger partial charge in [0.15, 0.2) is 0 Å². The third kappa shape index (κ3) is 4.96. The third-order valence-corrected chi connectivity index (χ3v) is 1.48. The van der Waals surface area contributed by atoms with E-state index in [-0.39, 0.29) is 12.8 Å². The minimum absolute atomic E-state index is 0.0506. The largest absolute Gasteiger partial charge is 0.480 e. The molecule has 0 aromatic heterocycles. The highest BCUT2D eigenvalue weighted by atomic mass is 16.5. The molecular weight excluding hydrogens is 192 g/mol. The predicted molar refractivity (Wildman–Crippen MR) is 45.4 cm³/mol. The van der Waals surface area contributed by atoms with Crippen LogP contribution < -0.4 is 11.1 Å². The van der Waals surface area contributed by atoms with Crippen LogP contribution in [0, 0.1) is 0 Å². The molecule has 4 N–H and O–H groups in total. The summed E-state index contributed by atoms with van der Waals surface area (Å²) in [6.45, 7) is 0. The molecule has 0 heterocycles. The van der Waals surface area contributed by atoms with Crippen molar-refractivity contribution in [1.82, 2.24) is 5.32 Å². The van der Waals surface area contributed by atoms with E-state index in [9.17, 15) is 14.4 Å². The summed E-state index contributed by atoms with van der Waals surface area (Å²) in [7, 11) is 1.19. The molecule has 0 unspecified atom stereocenters. The topological polar surface area (TPSA) is 119 Å². The molecule has 0 aromatic carbocycles. The molecular formula is C7H12N2O5. The number of aliphatic carboxylic acids is 1. The predicted octanol–water partition coefficient (Wildman–Crippen LogP) is -0.939. The van der Waals surface area contributed by atoms with Crippen LogP contribution in [0.4, 0.5) is 4.79 Å². The molecule has 0 saturated heterocycles. The summed E-state index contributed by atoms with van der Waals surface area (Å²) in [6, 6.07) is -2.10. The number of methoxy groups -OCH3 is 1. The quantitative estimate of drug-likeness (QED) is 0.499. The van der Waals surface area contributed by atoms with E-state index in [1.807, 2.05) is 5.32 Å². The number of urea groups is 1. The molecule has 0 spiro atoms. The first-order chi connectivity index (χ1) is 6.47. The van der Waals surface area contributed by atoms with Gasteiger partial charge in [0.25, 0.3) is 0 Å². The van der Waals surface area contributed by atoms with Crippen LogP contribution in [0.25, 0.3) is 0 Å². The average Bonchev–Trinajstić information content (AvgIpc) is 2.10. The number of carboxylic acid groups (broad SMARTS) is 1. The average molecular weight is 204 g/mol. The number of hydrogen-bond acceptors (Lipinski definition) is 4. The third-order valence-electron chi connectivity index (χ3n) is 1.48. The van der Waals surface area contributed by atoms with Gasteiger partial charge in [-0.3, -0.25) is 4.79 Å². The fourth-order valence-electron chi connectivity index (χ4n) is 0.793. The minimum atomic E-state index is -1.24. The van der Waals surface area contributed by atoms with Crippen molar-refractivity contribution >= 4 is 18.0 Å². The lowest BCUT2D eigenvalue weighted by Crippen LogP contribution is -2.43. The van der Waals surface area contributed by atoms with Crippen LogP contribution in [0.5, 0.6) is 0 Å². The Bertz CT molecular complexity index is 240. The van der Waals surface area contributed by atoms with E-state index in [0.717, 1.165) is 0 Å². The van der Waals surface area contributed by atoms with Crippen molar-refractivity contribution in [2.75, 3.05) is 7.11 Å². The molecule has 0 radical (unpaired) electrons. The van der Waals surface area contributed by atoms with Gasteiger partial charge >= 0.3 is 18.0 Å². The van der Waals surface area contributed by atoms with Gasteiger partial charge in [0, 0.05) is 6.42 Å². The van der Waals surface area contributed by atoms with Gasteiger partial charge in [-0.2, -0.15) is 0 Å². The fraction of sp³-hybridized carbons (Fsp3) is 0.571. The molecule has 80 valence electrons. The summed E-state index contributed by atoms with van der Waals surface area (Å²) < 4.78 is 4.31. The summed E-state index contributed by atoms with van der Waals surface area (Å²) in [5.74, 6) is -1.78. The molecule has 0 aromatic rings. The highest BCUT2D eigenvalue weighted by Crippen LogP contribution is 1.99. The van der Waals surface area contributed by atoms with Crippen LogP contribution in [-0.4, -0.2) is 36.2 Å². The van der Waals surface area contributed by atoms with Crippen molar-refractivity contribution in [2.45, 2.75) is 18.9 Å². The molecule has 2 amide bonds. The number of hydrogen-bond donors (Lipinski definition) is 3. The first-order valence-electron chi connectivity index (χ1n) is 3.83. The summed E-state index contributed by atoms with van der Waals surface area (Å²) in [4.78, 5) is 31.5. The van der Waals surface area contributed by atoms with Gasteiger partial charge in [-0.05, 0) is 6.42 Å². The SMILES string of the molecule is COC(=O)CC[C@@H](NC(N)=O)C(=O)O. The maximum atomic E-state index is 10.7. The zero-order valence-corrected chi connectivity index (χ0v) is 7.65. The highest BCUT2D eigenvalue weighted by molar-refractivity contribution is 5.82. The molecule has 7 heteroatoms. The van der Waals surface area contributed by atoms with E-state index < -0.39 is 24.0 Å². The Morgan fingerprint density at radius 1 is 1.50 bits per heavy atom. The normalized spacial score (nSPS) is 11.5. The van der Waals surface area contributed by atoms with Crippen molar-refractivity contribution in [1.29, 1.82) is 0 Å². The number of nitrogens with one attached hydrogen (secondary N) is 1. The number of carboxylic acids is 1. The van der Waals surface area contributed by atoms with Gasteiger partial charge in [-0.1, -0.05) is 0 Å². The molecule has 0 bridgehead atoms. The zero-order chi connectivity index (χ0) is 11.1. The lowest BCUT2D eigenvalue weighted by Gasteiger charge is -2.11. The molecule has 1 atom stereocenters. The number of ether oxygens (including phenoxy) is 1. The fourth-order valence-corrected chi connectivity index (χ4v) is 0.793. The number of primary amides is 1. The van der Waals surface area contributed by atoms with Gasteiger partial charge < -0.3 is 20.9 Å². The van der Waals surface area contributed by atoms with E-state index in [0.29, 0.717) is 0 Å². The Hall–Kier alpha value is -1.79. The Morgan fingerprint density at radius 2 is 2.07 bits per heavy atom. The summed E-state index contributed by atoms with van der Waals surface area (Å²) >= 11 is 0. The van der Waals surface area contributed by atoms with Gasteiger partial charge in [0.2, 0.25) is 0 Å². The minimum Gasteiger partial charge on any atom is -0.480 e. The number of carbonyl (C=O) groups excluding carboxylic acids is 2. The molecule has 7 nitrogen and oxygen atoms in total. The van der Waals surface area contributed by atoms with Crippen LogP contribution in [0.1, 0.15) is 12.8 Å². The zero-order valence-electron chi connectivity index (χ0n) is 7.65. The summed E-state index contributed by atoms with van der Waals surface area (Å²) in [5, 5.41) is 10.6. The van der Waals surface area contributed by atoms with Crippen molar-refractivity contribution in [2.24, 2.45) is 5.73 Å². The maximum absolute atomic E-state index is 10.7. The van der Waals surface area contributed by atoms with E-state index in [4.69, 9.17) is 10.8 Å². The van der Waals surface area contributed by atoms with Gasteiger partial charge in [-0.15, -0.1) is 0 Å². The maximum Gasteiger partial charge on any atom is 0.326 e.